The highest BCUT2D eigenvalue weighted by molar-refractivity contribution is 6.01. The minimum Gasteiger partial charge on any atom is -0.496 e. The van der Waals surface area contributed by atoms with Gasteiger partial charge in [0.15, 0.2) is 5.78 Å². The third kappa shape index (κ3) is 5.24. The van der Waals surface area contributed by atoms with E-state index in [9.17, 15) is 19.5 Å². The van der Waals surface area contributed by atoms with Crippen LogP contribution < -0.4 is 9.64 Å². The predicted octanol–water partition coefficient (Wildman–Crippen LogP) is 4.50. The molecule has 7 heteroatoms. The van der Waals surface area contributed by atoms with Gasteiger partial charge in [-0.2, -0.15) is 0 Å². The van der Waals surface area contributed by atoms with E-state index in [0.29, 0.717) is 51.6 Å². The van der Waals surface area contributed by atoms with Gasteiger partial charge in [-0.25, -0.2) is 4.79 Å². The van der Waals surface area contributed by atoms with Gasteiger partial charge in [-0.1, -0.05) is 18.2 Å². The second kappa shape index (κ2) is 10.7. The molecule has 34 heavy (non-hydrogen) atoms. The number of ether oxygens (including phenoxy) is 1. The summed E-state index contributed by atoms with van der Waals surface area (Å²) in [5.74, 6) is 1.03. The highest BCUT2D eigenvalue weighted by Crippen LogP contribution is 2.37. The Morgan fingerprint density at radius 2 is 1.82 bits per heavy atom. The number of carbonyl (C=O) groups is 3. The van der Waals surface area contributed by atoms with E-state index in [1.165, 1.54) is 4.90 Å². The Morgan fingerprint density at radius 3 is 2.59 bits per heavy atom. The molecule has 0 saturated carbocycles. The van der Waals surface area contributed by atoms with Gasteiger partial charge in [0.05, 0.1) is 12.8 Å². The lowest BCUT2D eigenvalue weighted by Crippen LogP contribution is -2.39. The van der Waals surface area contributed by atoms with E-state index in [4.69, 9.17) is 4.74 Å². The topological polar surface area (TPSA) is 87.2 Å². The summed E-state index contributed by atoms with van der Waals surface area (Å²) in [6.07, 6.45) is 4.30. The van der Waals surface area contributed by atoms with Crippen LogP contribution in [0.2, 0.25) is 0 Å². The fourth-order valence-electron chi connectivity index (χ4n) is 5.01. The van der Waals surface area contributed by atoms with E-state index in [0.717, 1.165) is 53.1 Å². The number of methoxy groups -OCH3 is 1. The summed E-state index contributed by atoms with van der Waals surface area (Å²) in [6.45, 7) is 1.54. The molecule has 0 atom stereocenters. The molecule has 0 aromatic heterocycles. The number of unbranched alkanes of at least 4 members (excludes halogenated alkanes) is 1. The minimum atomic E-state index is -0.950. The number of aryl methyl sites for hydroxylation is 2. The van der Waals surface area contributed by atoms with Gasteiger partial charge in [-0.3, -0.25) is 9.59 Å². The largest absolute Gasteiger partial charge is 0.496 e. The summed E-state index contributed by atoms with van der Waals surface area (Å²) in [5.41, 5.74) is 4.94. The summed E-state index contributed by atoms with van der Waals surface area (Å²) in [4.78, 5) is 40.1. The highest BCUT2D eigenvalue weighted by Gasteiger charge is 2.30. The molecule has 180 valence electrons. The summed E-state index contributed by atoms with van der Waals surface area (Å²) < 4.78 is 5.35. The number of nitrogens with zero attached hydrogens (tertiary/aromatic N) is 2. The number of rotatable bonds is 10. The maximum Gasteiger partial charge on any atom is 0.407 e. The monoisotopic (exact) mass is 464 g/mol. The van der Waals surface area contributed by atoms with E-state index < -0.39 is 6.09 Å². The third-order valence-electron chi connectivity index (χ3n) is 6.79. The second-order valence-corrected chi connectivity index (χ2v) is 9.00. The summed E-state index contributed by atoms with van der Waals surface area (Å²) in [7, 11) is 1.61. The van der Waals surface area contributed by atoms with Crippen molar-refractivity contribution < 1.29 is 24.2 Å². The number of anilines is 1. The molecular formula is C27H32N2O5. The van der Waals surface area contributed by atoms with Gasteiger partial charge < -0.3 is 19.6 Å². The molecule has 0 fully saturated rings. The molecule has 0 spiro atoms. The van der Waals surface area contributed by atoms with Crippen LogP contribution in [0.3, 0.4) is 0 Å². The Hall–Kier alpha value is -3.35. The first kappa shape index (κ1) is 23.8. The van der Waals surface area contributed by atoms with Gasteiger partial charge in [0.2, 0.25) is 5.91 Å². The van der Waals surface area contributed by atoms with Crippen molar-refractivity contribution in [3.05, 3.63) is 58.7 Å². The number of hydrogen-bond donors (Lipinski definition) is 1. The van der Waals surface area contributed by atoms with Gasteiger partial charge >= 0.3 is 6.09 Å². The molecule has 2 heterocycles. The predicted molar refractivity (Wildman–Crippen MR) is 130 cm³/mol. The van der Waals surface area contributed by atoms with Crippen LogP contribution in [0.4, 0.5) is 10.5 Å². The van der Waals surface area contributed by atoms with Crippen LogP contribution in [0.15, 0.2) is 36.4 Å². The van der Waals surface area contributed by atoms with Crippen LogP contribution in [0.1, 0.15) is 59.2 Å². The molecule has 0 unspecified atom stereocenters. The number of hydrogen-bond acceptors (Lipinski definition) is 4. The van der Waals surface area contributed by atoms with Crippen LogP contribution in [0.5, 0.6) is 5.75 Å². The van der Waals surface area contributed by atoms with Crippen LogP contribution in [-0.2, 0) is 24.1 Å². The van der Waals surface area contributed by atoms with Crippen LogP contribution >= 0.6 is 0 Å². The summed E-state index contributed by atoms with van der Waals surface area (Å²) in [5, 5.41) is 9.58. The molecule has 2 aromatic carbocycles. The smallest absolute Gasteiger partial charge is 0.407 e. The Bertz CT molecular complexity index is 1060. The van der Waals surface area contributed by atoms with Crippen molar-refractivity contribution in [2.24, 2.45) is 0 Å². The molecule has 0 aliphatic carbocycles. The Balaban J connectivity index is 1.30. The lowest BCUT2D eigenvalue weighted by atomic mass is 9.88. The van der Waals surface area contributed by atoms with Crippen molar-refractivity contribution in [3.63, 3.8) is 0 Å². The Kier molecular flexibility index (Phi) is 7.50. The lowest BCUT2D eigenvalue weighted by molar-refractivity contribution is -0.119. The van der Waals surface area contributed by atoms with Crippen LogP contribution in [0.25, 0.3) is 0 Å². The average Bonchev–Trinajstić information content (AvgIpc) is 2.85. The molecule has 0 saturated heterocycles. The number of para-hydroxylation sites is 1. The van der Waals surface area contributed by atoms with Gasteiger partial charge in [0.25, 0.3) is 0 Å². The molecule has 1 N–H and O–H groups in total. The summed E-state index contributed by atoms with van der Waals surface area (Å²) >= 11 is 0. The molecule has 2 amide bonds. The van der Waals surface area contributed by atoms with Gasteiger partial charge in [0.1, 0.15) is 5.75 Å². The first-order chi connectivity index (χ1) is 16.5. The van der Waals surface area contributed by atoms with E-state index in [2.05, 4.69) is 0 Å². The first-order valence-corrected chi connectivity index (χ1v) is 12.1. The van der Waals surface area contributed by atoms with Gasteiger partial charge in [0, 0.05) is 38.0 Å². The van der Waals surface area contributed by atoms with Crippen molar-refractivity contribution in [1.82, 2.24) is 4.90 Å². The van der Waals surface area contributed by atoms with Crippen LogP contribution in [0, 0.1) is 0 Å². The van der Waals surface area contributed by atoms with E-state index in [-0.39, 0.29) is 11.7 Å². The number of amides is 2. The zero-order valence-electron chi connectivity index (χ0n) is 19.7. The molecule has 2 aliphatic rings. The summed E-state index contributed by atoms with van der Waals surface area (Å²) in [6, 6.07) is 11.5. The van der Waals surface area contributed by atoms with E-state index in [1.807, 2.05) is 41.3 Å². The molecule has 0 bridgehead atoms. The quantitative estimate of drug-likeness (QED) is 0.413. The molecule has 2 aliphatic heterocycles. The number of benzene rings is 2. The SMILES string of the molecule is COc1ccccc1CCN(CCCCC(=O)c1cc2c3c(c1)CCC(=O)N3CCC2)C(=O)O. The highest BCUT2D eigenvalue weighted by atomic mass is 16.5. The standard InChI is InChI=1S/C27H32N2O5/c1-34-24-10-3-2-7-19(24)13-16-28(27(32)33)14-5-4-9-23(30)22-17-20-8-6-15-29-25(31)12-11-21(18-22)26(20)29/h2-3,7,10,17-18H,4-6,8-9,11-16H2,1H3,(H,32,33). The van der Waals surface area contributed by atoms with Crippen molar-refractivity contribution in [3.8, 4) is 5.75 Å². The van der Waals surface area contributed by atoms with E-state index >= 15 is 0 Å². The number of ketones is 1. The fourth-order valence-corrected chi connectivity index (χ4v) is 5.01. The maximum absolute atomic E-state index is 12.9. The van der Waals surface area contributed by atoms with Crippen molar-refractivity contribution >= 4 is 23.5 Å². The van der Waals surface area contributed by atoms with Crippen molar-refractivity contribution in [1.29, 1.82) is 0 Å². The first-order valence-electron chi connectivity index (χ1n) is 12.1. The molecule has 0 radical (unpaired) electrons. The van der Waals surface area contributed by atoms with Gasteiger partial charge in [-0.05, 0) is 73.4 Å². The Labute approximate surface area is 200 Å². The normalized spacial score (nSPS) is 14.5. The number of carbonyl (C=O) groups excluding carboxylic acids is 2. The fraction of sp³-hybridized carbons (Fsp3) is 0.444. The van der Waals surface area contributed by atoms with Gasteiger partial charge in [-0.15, -0.1) is 0 Å². The number of Topliss-reactive ketones (excluding diaryl/α,β-unsaturated/α-hetero) is 1. The van der Waals surface area contributed by atoms with Crippen molar-refractivity contribution in [2.75, 3.05) is 31.6 Å². The minimum absolute atomic E-state index is 0.0870. The third-order valence-corrected chi connectivity index (χ3v) is 6.79. The molecule has 4 rings (SSSR count). The molecular weight excluding hydrogens is 432 g/mol. The van der Waals surface area contributed by atoms with Crippen LogP contribution in [-0.4, -0.2) is 54.5 Å². The van der Waals surface area contributed by atoms with E-state index in [1.54, 1.807) is 7.11 Å². The Morgan fingerprint density at radius 1 is 1.06 bits per heavy atom. The maximum atomic E-state index is 12.9. The molecule has 7 nitrogen and oxygen atoms in total. The average molecular weight is 465 g/mol. The zero-order chi connectivity index (χ0) is 24.1. The number of carboxylic acid groups (broad SMARTS) is 1. The second-order valence-electron chi connectivity index (χ2n) is 9.00. The zero-order valence-corrected chi connectivity index (χ0v) is 19.7. The molecule has 2 aromatic rings. The van der Waals surface area contributed by atoms with Crippen molar-refractivity contribution in [2.45, 2.75) is 51.4 Å². The lowest BCUT2D eigenvalue weighted by Gasteiger charge is -2.35.